The lowest BCUT2D eigenvalue weighted by atomic mass is 9.96. The third kappa shape index (κ3) is 6.45. The first kappa shape index (κ1) is 25.2. The normalized spacial score (nSPS) is 16.7. The molecule has 1 fully saturated rings. The SMILES string of the molecule is O=C(Nc1ccc(Oc2ccc(F)cc2)cc1)[C@@H]1C[C@@H](Cc2ccccc2)CN1C(=O)Cc1ccccc1. The predicted octanol–water partition coefficient (Wildman–Crippen LogP) is 6.26. The van der Waals surface area contributed by atoms with Crippen LogP contribution in [-0.2, 0) is 22.4 Å². The van der Waals surface area contributed by atoms with Gasteiger partial charge in [0.05, 0.1) is 6.42 Å². The average Bonchev–Trinajstić information content (AvgIpc) is 3.36. The molecule has 0 unspecified atom stereocenters. The van der Waals surface area contributed by atoms with Gasteiger partial charge in [-0.25, -0.2) is 4.39 Å². The number of amides is 2. The molecule has 1 saturated heterocycles. The van der Waals surface area contributed by atoms with Gasteiger partial charge >= 0.3 is 0 Å². The van der Waals surface area contributed by atoms with Crippen LogP contribution in [0.3, 0.4) is 0 Å². The van der Waals surface area contributed by atoms with Crippen LogP contribution in [-0.4, -0.2) is 29.3 Å². The Morgan fingerprint density at radius 3 is 2.00 bits per heavy atom. The number of nitrogens with one attached hydrogen (secondary N) is 1. The third-order valence-corrected chi connectivity index (χ3v) is 6.75. The van der Waals surface area contributed by atoms with E-state index >= 15 is 0 Å². The zero-order valence-electron chi connectivity index (χ0n) is 20.9. The molecule has 0 aromatic heterocycles. The highest BCUT2D eigenvalue weighted by Crippen LogP contribution is 2.29. The van der Waals surface area contributed by atoms with Gasteiger partial charge in [0, 0.05) is 12.2 Å². The fraction of sp³-hybridized carbons (Fsp3) is 0.188. The standard InChI is InChI=1S/C32H29FN2O3/c33-26-11-15-28(16-12-26)38-29-17-13-27(14-18-29)34-32(37)30-20-25(19-23-7-3-1-4-8-23)22-35(30)31(36)21-24-9-5-2-6-10-24/h1-18,25,30H,19-22H2,(H,34,37)/t25-,30+/m1/s1. The topological polar surface area (TPSA) is 58.6 Å². The lowest BCUT2D eigenvalue weighted by Crippen LogP contribution is -2.43. The summed E-state index contributed by atoms with van der Waals surface area (Å²) in [5.74, 6) is 0.706. The molecule has 4 aromatic carbocycles. The second-order valence-corrected chi connectivity index (χ2v) is 9.59. The van der Waals surface area contributed by atoms with Crippen LogP contribution in [0.1, 0.15) is 17.5 Å². The molecule has 1 aliphatic rings. The average molecular weight is 509 g/mol. The number of ether oxygens (including phenoxy) is 1. The summed E-state index contributed by atoms with van der Waals surface area (Å²) in [5.41, 5.74) is 2.74. The fourth-order valence-corrected chi connectivity index (χ4v) is 4.89. The summed E-state index contributed by atoms with van der Waals surface area (Å²) in [6, 6.07) is 32.0. The maximum atomic E-state index is 13.4. The first-order valence-corrected chi connectivity index (χ1v) is 12.7. The fourth-order valence-electron chi connectivity index (χ4n) is 4.89. The van der Waals surface area contributed by atoms with Crippen molar-refractivity contribution in [3.05, 3.63) is 126 Å². The van der Waals surface area contributed by atoms with Gasteiger partial charge in [-0.05, 0) is 78.4 Å². The quantitative estimate of drug-likeness (QED) is 0.306. The summed E-state index contributed by atoms with van der Waals surface area (Å²) < 4.78 is 18.9. The van der Waals surface area contributed by atoms with E-state index < -0.39 is 6.04 Å². The van der Waals surface area contributed by atoms with Crippen LogP contribution < -0.4 is 10.1 Å². The second kappa shape index (κ2) is 11.7. The van der Waals surface area contributed by atoms with Gasteiger partial charge in [0.1, 0.15) is 23.4 Å². The molecule has 192 valence electrons. The summed E-state index contributed by atoms with van der Waals surface area (Å²) in [6.45, 7) is 0.545. The van der Waals surface area contributed by atoms with Gasteiger partial charge in [-0.2, -0.15) is 0 Å². The number of carbonyl (C=O) groups is 2. The lowest BCUT2D eigenvalue weighted by Gasteiger charge is -2.24. The Morgan fingerprint density at radius 1 is 0.789 bits per heavy atom. The van der Waals surface area contributed by atoms with Crippen molar-refractivity contribution < 1.29 is 18.7 Å². The molecule has 2 amide bonds. The van der Waals surface area contributed by atoms with Crippen molar-refractivity contribution in [3.8, 4) is 11.5 Å². The predicted molar refractivity (Wildman–Crippen MR) is 145 cm³/mol. The van der Waals surface area contributed by atoms with Crippen molar-refractivity contribution in [2.75, 3.05) is 11.9 Å². The van der Waals surface area contributed by atoms with E-state index in [1.807, 2.05) is 48.5 Å². The van der Waals surface area contributed by atoms with E-state index in [1.165, 1.54) is 17.7 Å². The highest BCUT2D eigenvalue weighted by Gasteiger charge is 2.39. The second-order valence-electron chi connectivity index (χ2n) is 9.59. The minimum absolute atomic E-state index is 0.0463. The highest BCUT2D eigenvalue weighted by molar-refractivity contribution is 5.97. The Balaban J connectivity index is 1.27. The molecule has 1 aliphatic heterocycles. The molecule has 2 atom stereocenters. The number of likely N-dealkylation sites (tertiary alicyclic amines) is 1. The van der Waals surface area contributed by atoms with Gasteiger partial charge in [0.2, 0.25) is 11.8 Å². The van der Waals surface area contributed by atoms with Crippen LogP contribution in [0, 0.1) is 11.7 Å². The Bertz CT molecular complexity index is 1360. The third-order valence-electron chi connectivity index (χ3n) is 6.75. The van der Waals surface area contributed by atoms with Crippen LogP contribution in [0.5, 0.6) is 11.5 Å². The molecule has 5 nitrogen and oxygen atoms in total. The van der Waals surface area contributed by atoms with Crippen LogP contribution in [0.15, 0.2) is 109 Å². The highest BCUT2D eigenvalue weighted by atomic mass is 19.1. The maximum Gasteiger partial charge on any atom is 0.247 e. The van der Waals surface area contributed by atoms with Crippen molar-refractivity contribution in [2.24, 2.45) is 5.92 Å². The van der Waals surface area contributed by atoms with Crippen molar-refractivity contribution in [1.82, 2.24) is 4.90 Å². The molecule has 0 spiro atoms. The smallest absolute Gasteiger partial charge is 0.247 e. The number of rotatable bonds is 8. The molecular weight excluding hydrogens is 479 g/mol. The summed E-state index contributed by atoms with van der Waals surface area (Å²) in [7, 11) is 0. The van der Waals surface area contributed by atoms with Crippen molar-refractivity contribution in [2.45, 2.75) is 25.3 Å². The molecule has 4 aromatic rings. The molecule has 6 heteroatoms. The van der Waals surface area contributed by atoms with Crippen LogP contribution in [0.25, 0.3) is 0 Å². The zero-order valence-corrected chi connectivity index (χ0v) is 20.9. The van der Waals surface area contributed by atoms with E-state index in [0.717, 1.165) is 12.0 Å². The van der Waals surface area contributed by atoms with E-state index in [2.05, 4.69) is 17.4 Å². The van der Waals surface area contributed by atoms with Gasteiger partial charge in [-0.15, -0.1) is 0 Å². The largest absolute Gasteiger partial charge is 0.457 e. The van der Waals surface area contributed by atoms with Gasteiger partial charge < -0.3 is 15.0 Å². The van der Waals surface area contributed by atoms with E-state index in [-0.39, 0.29) is 30.0 Å². The van der Waals surface area contributed by atoms with Crippen LogP contribution >= 0.6 is 0 Å². The van der Waals surface area contributed by atoms with E-state index in [0.29, 0.717) is 30.2 Å². The summed E-state index contributed by atoms with van der Waals surface area (Å²) in [6.07, 6.45) is 1.68. The molecular formula is C32H29FN2O3. The number of benzene rings is 4. The maximum absolute atomic E-state index is 13.4. The zero-order chi connectivity index (χ0) is 26.3. The Labute approximate surface area is 221 Å². The van der Waals surface area contributed by atoms with Gasteiger partial charge in [-0.1, -0.05) is 60.7 Å². The minimum atomic E-state index is -0.546. The number of hydrogen-bond acceptors (Lipinski definition) is 3. The van der Waals surface area contributed by atoms with E-state index in [9.17, 15) is 14.0 Å². The number of anilines is 1. The van der Waals surface area contributed by atoms with Gasteiger partial charge in [0.25, 0.3) is 0 Å². The first-order valence-electron chi connectivity index (χ1n) is 12.7. The Morgan fingerprint density at radius 2 is 1.37 bits per heavy atom. The molecule has 0 aliphatic carbocycles. The van der Waals surface area contributed by atoms with Crippen molar-refractivity contribution >= 4 is 17.5 Å². The molecule has 5 rings (SSSR count). The Hall–Kier alpha value is -4.45. The van der Waals surface area contributed by atoms with E-state index in [1.54, 1.807) is 41.3 Å². The molecule has 0 radical (unpaired) electrons. The van der Waals surface area contributed by atoms with Crippen LogP contribution in [0.4, 0.5) is 10.1 Å². The minimum Gasteiger partial charge on any atom is -0.457 e. The molecule has 1 N–H and O–H groups in total. The van der Waals surface area contributed by atoms with Gasteiger partial charge in [-0.3, -0.25) is 9.59 Å². The molecule has 1 heterocycles. The first-order chi connectivity index (χ1) is 18.5. The summed E-state index contributed by atoms with van der Waals surface area (Å²) in [5, 5.41) is 2.98. The number of nitrogens with zero attached hydrogens (tertiary/aromatic N) is 1. The molecule has 0 saturated carbocycles. The number of hydrogen-bond donors (Lipinski definition) is 1. The number of carbonyl (C=O) groups excluding carboxylic acids is 2. The molecule has 38 heavy (non-hydrogen) atoms. The van der Waals surface area contributed by atoms with Crippen LogP contribution in [0.2, 0.25) is 0 Å². The number of halogens is 1. The van der Waals surface area contributed by atoms with E-state index in [4.69, 9.17) is 4.74 Å². The van der Waals surface area contributed by atoms with Gasteiger partial charge in [0.15, 0.2) is 0 Å². The van der Waals surface area contributed by atoms with Crippen molar-refractivity contribution in [1.29, 1.82) is 0 Å². The lowest BCUT2D eigenvalue weighted by molar-refractivity contribution is -0.136. The molecule has 0 bridgehead atoms. The Kier molecular flexibility index (Phi) is 7.78. The summed E-state index contributed by atoms with van der Waals surface area (Å²) >= 11 is 0. The van der Waals surface area contributed by atoms with Crippen molar-refractivity contribution in [3.63, 3.8) is 0 Å². The summed E-state index contributed by atoms with van der Waals surface area (Å²) in [4.78, 5) is 28.5. The monoisotopic (exact) mass is 508 g/mol.